The molecular formula is C10H11NO4S. The molecule has 2 N–H and O–H groups in total. The SMILES string of the molecule is C=C(C)C(=O)Nc1ccccc1S(=O)(=O)O. The minimum atomic E-state index is -4.35. The molecule has 5 nitrogen and oxygen atoms in total. The van der Waals surface area contributed by atoms with Gasteiger partial charge >= 0.3 is 0 Å². The maximum absolute atomic E-state index is 11.3. The van der Waals surface area contributed by atoms with Gasteiger partial charge in [-0.3, -0.25) is 9.35 Å². The van der Waals surface area contributed by atoms with Crippen LogP contribution in [0.3, 0.4) is 0 Å². The monoisotopic (exact) mass is 241 g/mol. The molecule has 0 aliphatic rings. The Bertz CT molecular complexity index is 534. The summed E-state index contributed by atoms with van der Waals surface area (Å²) in [6.07, 6.45) is 0. The Morgan fingerprint density at radius 1 is 1.38 bits per heavy atom. The van der Waals surface area contributed by atoms with Crippen LogP contribution in [0.25, 0.3) is 0 Å². The van der Waals surface area contributed by atoms with E-state index in [4.69, 9.17) is 4.55 Å². The number of hydrogen-bond acceptors (Lipinski definition) is 3. The Labute approximate surface area is 93.5 Å². The maximum atomic E-state index is 11.3. The van der Waals surface area contributed by atoms with Crippen LogP contribution in [0.15, 0.2) is 41.3 Å². The van der Waals surface area contributed by atoms with Crippen LogP contribution in [0.2, 0.25) is 0 Å². The van der Waals surface area contributed by atoms with E-state index in [-0.39, 0.29) is 16.2 Å². The first-order chi connectivity index (χ1) is 7.32. The zero-order chi connectivity index (χ0) is 12.3. The fourth-order valence-corrected chi connectivity index (χ4v) is 1.67. The number of benzene rings is 1. The van der Waals surface area contributed by atoms with E-state index in [2.05, 4.69) is 11.9 Å². The van der Waals surface area contributed by atoms with Crippen LogP contribution >= 0.6 is 0 Å². The topological polar surface area (TPSA) is 83.5 Å². The van der Waals surface area contributed by atoms with Gasteiger partial charge in [-0.15, -0.1) is 0 Å². The van der Waals surface area contributed by atoms with Crippen molar-refractivity contribution in [2.24, 2.45) is 0 Å². The van der Waals surface area contributed by atoms with Crippen molar-refractivity contribution in [3.8, 4) is 0 Å². The fraction of sp³-hybridized carbons (Fsp3) is 0.100. The summed E-state index contributed by atoms with van der Waals surface area (Å²) < 4.78 is 30.9. The van der Waals surface area contributed by atoms with E-state index < -0.39 is 16.0 Å². The number of hydrogen-bond donors (Lipinski definition) is 2. The van der Waals surface area contributed by atoms with Crippen molar-refractivity contribution in [2.45, 2.75) is 11.8 Å². The third-order valence-electron chi connectivity index (χ3n) is 1.80. The zero-order valence-corrected chi connectivity index (χ0v) is 9.41. The fourth-order valence-electron chi connectivity index (χ4n) is 1.02. The summed E-state index contributed by atoms with van der Waals surface area (Å²) in [6, 6.07) is 5.57. The molecule has 0 aliphatic carbocycles. The van der Waals surface area contributed by atoms with E-state index in [1.165, 1.54) is 25.1 Å². The molecule has 0 bridgehead atoms. The lowest BCUT2D eigenvalue weighted by Gasteiger charge is -2.08. The van der Waals surface area contributed by atoms with Crippen molar-refractivity contribution in [2.75, 3.05) is 5.32 Å². The lowest BCUT2D eigenvalue weighted by molar-refractivity contribution is -0.112. The van der Waals surface area contributed by atoms with E-state index in [9.17, 15) is 13.2 Å². The molecule has 0 heterocycles. The summed E-state index contributed by atoms with van der Waals surface area (Å²) in [6.45, 7) is 4.91. The molecule has 16 heavy (non-hydrogen) atoms. The van der Waals surface area contributed by atoms with Crippen LogP contribution in [0.5, 0.6) is 0 Å². The van der Waals surface area contributed by atoms with Crippen molar-refractivity contribution in [1.29, 1.82) is 0 Å². The molecular weight excluding hydrogens is 230 g/mol. The number of rotatable bonds is 3. The van der Waals surface area contributed by atoms with Crippen molar-refractivity contribution < 1.29 is 17.8 Å². The van der Waals surface area contributed by atoms with E-state index in [1.54, 1.807) is 6.07 Å². The van der Waals surface area contributed by atoms with Gasteiger partial charge in [-0.25, -0.2) is 0 Å². The van der Waals surface area contributed by atoms with Crippen molar-refractivity contribution in [1.82, 2.24) is 0 Å². The quantitative estimate of drug-likeness (QED) is 0.619. The highest BCUT2D eigenvalue weighted by Crippen LogP contribution is 2.20. The van der Waals surface area contributed by atoms with E-state index in [1.807, 2.05) is 0 Å². The van der Waals surface area contributed by atoms with Gasteiger partial charge in [0.15, 0.2) is 0 Å². The summed E-state index contributed by atoms with van der Waals surface area (Å²) >= 11 is 0. The van der Waals surface area contributed by atoms with Gasteiger partial charge < -0.3 is 5.32 Å². The Balaban J connectivity index is 3.16. The summed E-state index contributed by atoms with van der Waals surface area (Å²) in [5, 5.41) is 2.34. The Morgan fingerprint density at radius 3 is 2.44 bits per heavy atom. The second-order valence-corrected chi connectivity index (χ2v) is 4.60. The van der Waals surface area contributed by atoms with Gasteiger partial charge in [-0.1, -0.05) is 18.7 Å². The molecule has 0 aliphatic heterocycles. The first-order valence-corrected chi connectivity index (χ1v) is 5.80. The Hall–Kier alpha value is -1.66. The average molecular weight is 241 g/mol. The molecule has 0 saturated heterocycles. The molecule has 1 aromatic rings. The summed E-state index contributed by atoms with van der Waals surface area (Å²) in [5.74, 6) is -0.504. The normalized spacial score (nSPS) is 10.9. The van der Waals surface area contributed by atoms with E-state index >= 15 is 0 Å². The standard InChI is InChI=1S/C10H11NO4S/c1-7(2)10(12)11-8-5-3-4-6-9(8)16(13,14)15/h3-6H,1H2,2H3,(H,11,12)(H,13,14,15). The van der Waals surface area contributed by atoms with Crippen LogP contribution in [0.1, 0.15) is 6.92 Å². The molecule has 0 fully saturated rings. The lowest BCUT2D eigenvalue weighted by Crippen LogP contribution is -2.14. The van der Waals surface area contributed by atoms with Gasteiger partial charge in [0, 0.05) is 5.57 Å². The molecule has 1 aromatic carbocycles. The van der Waals surface area contributed by atoms with Gasteiger partial charge in [0.2, 0.25) is 0 Å². The molecule has 86 valence electrons. The summed E-state index contributed by atoms with van der Waals surface area (Å²) in [5.41, 5.74) is 0.267. The number of carbonyl (C=O) groups is 1. The Morgan fingerprint density at radius 2 is 1.94 bits per heavy atom. The third kappa shape index (κ3) is 2.91. The number of para-hydroxylation sites is 1. The summed E-state index contributed by atoms with van der Waals surface area (Å²) in [7, 11) is -4.35. The van der Waals surface area contributed by atoms with Gasteiger partial charge in [-0.05, 0) is 19.1 Å². The predicted octanol–water partition coefficient (Wildman–Crippen LogP) is 1.45. The van der Waals surface area contributed by atoms with Gasteiger partial charge in [-0.2, -0.15) is 8.42 Å². The molecule has 0 spiro atoms. The average Bonchev–Trinajstić information content (AvgIpc) is 2.16. The minimum absolute atomic E-state index is 0.0259. The molecule has 0 unspecified atom stereocenters. The lowest BCUT2D eigenvalue weighted by atomic mass is 10.3. The molecule has 0 atom stereocenters. The Kier molecular flexibility index (Phi) is 3.46. The van der Waals surface area contributed by atoms with E-state index in [0.717, 1.165) is 0 Å². The van der Waals surface area contributed by atoms with Crippen molar-refractivity contribution >= 4 is 21.7 Å². The maximum Gasteiger partial charge on any atom is 0.296 e. The van der Waals surface area contributed by atoms with Crippen LogP contribution in [0, 0.1) is 0 Å². The highest BCUT2D eigenvalue weighted by atomic mass is 32.2. The second-order valence-electron chi connectivity index (χ2n) is 3.21. The highest BCUT2D eigenvalue weighted by molar-refractivity contribution is 7.86. The number of nitrogens with one attached hydrogen (secondary N) is 1. The second kappa shape index (κ2) is 4.46. The van der Waals surface area contributed by atoms with Crippen LogP contribution in [0.4, 0.5) is 5.69 Å². The van der Waals surface area contributed by atoms with Crippen molar-refractivity contribution in [3.63, 3.8) is 0 Å². The van der Waals surface area contributed by atoms with Crippen LogP contribution in [-0.2, 0) is 14.9 Å². The molecule has 1 amide bonds. The molecule has 0 radical (unpaired) electrons. The molecule has 6 heteroatoms. The predicted molar refractivity (Wildman–Crippen MR) is 59.7 cm³/mol. The van der Waals surface area contributed by atoms with Gasteiger partial charge in [0.05, 0.1) is 5.69 Å². The van der Waals surface area contributed by atoms with Gasteiger partial charge in [0.25, 0.3) is 16.0 Å². The van der Waals surface area contributed by atoms with Crippen LogP contribution in [-0.4, -0.2) is 18.9 Å². The largest absolute Gasteiger partial charge is 0.321 e. The van der Waals surface area contributed by atoms with Crippen LogP contribution < -0.4 is 5.32 Å². The molecule has 0 aromatic heterocycles. The zero-order valence-electron chi connectivity index (χ0n) is 8.60. The highest BCUT2D eigenvalue weighted by Gasteiger charge is 2.16. The first-order valence-electron chi connectivity index (χ1n) is 4.36. The molecule has 0 saturated carbocycles. The van der Waals surface area contributed by atoms with Crippen molar-refractivity contribution in [3.05, 3.63) is 36.4 Å². The molecule has 1 rings (SSSR count). The third-order valence-corrected chi connectivity index (χ3v) is 2.71. The number of amides is 1. The number of carbonyl (C=O) groups excluding carboxylic acids is 1. The smallest absolute Gasteiger partial charge is 0.296 e. The first kappa shape index (κ1) is 12.4. The minimum Gasteiger partial charge on any atom is -0.321 e. The van der Waals surface area contributed by atoms with E-state index in [0.29, 0.717) is 0 Å². The summed E-state index contributed by atoms with van der Waals surface area (Å²) in [4.78, 5) is 11.0. The number of anilines is 1. The van der Waals surface area contributed by atoms with Gasteiger partial charge in [0.1, 0.15) is 4.90 Å².